The van der Waals surface area contributed by atoms with Gasteiger partial charge in [0.15, 0.2) is 0 Å². The van der Waals surface area contributed by atoms with E-state index in [1.807, 2.05) is 6.92 Å². The first-order valence-electron chi connectivity index (χ1n) is 6.92. The van der Waals surface area contributed by atoms with Crippen molar-refractivity contribution >= 4 is 12.0 Å². The van der Waals surface area contributed by atoms with Crippen LogP contribution >= 0.6 is 0 Å². The van der Waals surface area contributed by atoms with Crippen molar-refractivity contribution in [1.29, 1.82) is 0 Å². The van der Waals surface area contributed by atoms with E-state index in [-0.39, 0.29) is 18.6 Å². The Morgan fingerprint density at radius 3 is 2.53 bits per heavy atom. The number of aliphatic carboxylic acids is 1. The lowest BCUT2D eigenvalue weighted by Gasteiger charge is -2.26. The van der Waals surface area contributed by atoms with Crippen LogP contribution < -0.4 is 5.32 Å². The summed E-state index contributed by atoms with van der Waals surface area (Å²) in [6.07, 6.45) is 3.21. The van der Waals surface area contributed by atoms with Crippen LogP contribution in [-0.4, -0.2) is 65.7 Å². The largest absolute Gasteiger partial charge is 0.480 e. The van der Waals surface area contributed by atoms with E-state index in [1.165, 1.54) is 17.7 Å². The monoisotopic (exact) mass is 271 g/mol. The number of carbonyl (C=O) groups excluding carboxylic acids is 1. The molecular weight excluding hydrogens is 246 g/mol. The van der Waals surface area contributed by atoms with E-state index in [1.54, 1.807) is 0 Å². The molecule has 2 N–H and O–H groups in total. The van der Waals surface area contributed by atoms with Gasteiger partial charge in [-0.3, -0.25) is 9.69 Å². The summed E-state index contributed by atoms with van der Waals surface area (Å²) in [6.45, 7) is 4.76. The summed E-state index contributed by atoms with van der Waals surface area (Å²) in [7, 11) is 2.07. The van der Waals surface area contributed by atoms with E-state index < -0.39 is 5.97 Å². The molecule has 0 saturated heterocycles. The van der Waals surface area contributed by atoms with Crippen molar-refractivity contribution in [3.63, 3.8) is 0 Å². The van der Waals surface area contributed by atoms with Crippen LogP contribution in [0.2, 0.25) is 0 Å². The minimum absolute atomic E-state index is 0.244. The van der Waals surface area contributed by atoms with Gasteiger partial charge in [0.25, 0.3) is 0 Å². The van der Waals surface area contributed by atoms with E-state index >= 15 is 0 Å². The number of amides is 2. The molecule has 1 rings (SSSR count). The first kappa shape index (κ1) is 15.8. The van der Waals surface area contributed by atoms with E-state index in [2.05, 4.69) is 24.2 Å². The van der Waals surface area contributed by atoms with Gasteiger partial charge in [0, 0.05) is 25.2 Å². The maximum Gasteiger partial charge on any atom is 0.323 e. The molecule has 1 atom stereocenters. The molecule has 19 heavy (non-hydrogen) atoms. The lowest BCUT2D eigenvalue weighted by Crippen LogP contribution is -2.47. The van der Waals surface area contributed by atoms with Gasteiger partial charge < -0.3 is 15.3 Å². The molecule has 1 unspecified atom stereocenters. The zero-order chi connectivity index (χ0) is 14.4. The molecule has 2 amide bonds. The van der Waals surface area contributed by atoms with Crippen LogP contribution in [0.4, 0.5) is 4.79 Å². The van der Waals surface area contributed by atoms with Crippen LogP contribution in [0.5, 0.6) is 0 Å². The average Bonchev–Trinajstić information content (AvgIpc) is 3.17. The normalized spacial score (nSPS) is 16.2. The molecule has 0 aliphatic heterocycles. The van der Waals surface area contributed by atoms with Crippen LogP contribution in [0.1, 0.15) is 33.1 Å². The van der Waals surface area contributed by atoms with Crippen LogP contribution in [0.3, 0.4) is 0 Å². The highest BCUT2D eigenvalue weighted by atomic mass is 16.4. The predicted octanol–water partition coefficient (Wildman–Crippen LogP) is 0.975. The third kappa shape index (κ3) is 5.46. The first-order valence-corrected chi connectivity index (χ1v) is 6.92. The number of hydrogen-bond acceptors (Lipinski definition) is 3. The number of carboxylic acid groups (broad SMARTS) is 1. The Morgan fingerprint density at radius 2 is 2.05 bits per heavy atom. The highest BCUT2D eigenvalue weighted by Crippen LogP contribution is 2.26. The fraction of sp³-hybridized carbons (Fsp3) is 0.846. The van der Waals surface area contributed by atoms with E-state index in [4.69, 9.17) is 5.11 Å². The molecule has 1 saturated carbocycles. The van der Waals surface area contributed by atoms with Gasteiger partial charge >= 0.3 is 12.0 Å². The fourth-order valence-electron chi connectivity index (χ4n) is 2.02. The second-order valence-corrected chi connectivity index (χ2v) is 5.25. The standard InChI is InChI=1S/C13H25N3O3/c1-4-7-16(9-12(17)18)13(19)14-8-10(2)15(3)11-5-6-11/h10-11H,4-9H2,1-3H3,(H,14,19)(H,17,18). The van der Waals surface area contributed by atoms with Crippen molar-refractivity contribution in [1.82, 2.24) is 15.1 Å². The highest BCUT2D eigenvalue weighted by molar-refractivity contribution is 5.80. The third-order valence-corrected chi connectivity index (χ3v) is 3.47. The van der Waals surface area contributed by atoms with Crippen molar-refractivity contribution in [2.24, 2.45) is 0 Å². The molecule has 0 aromatic rings. The SMILES string of the molecule is CCCN(CC(=O)O)C(=O)NCC(C)N(C)C1CC1. The number of hydrogen-bond donors (Lipinski definition) is 2. The van der Waals surface area contributed by atoms with Crippen molar-refractivity contribution in [2.45, 2.75) is 45.2 Å². The molecule has 0 heterocycles. The predicted molar refractivity (Wildman–Crippen MR) is 73.1 cm³/mol. The summed E-state index contributed by atoms with van der Waals surface area (Å²) >= 11 is 0. The molecule has 0 spiro atoms. The number of rotatable bonds is 8. The van der Waals surface area contributed by atoms with Crippen molar-refractivity contribution < 1.29 is 14.7 Å². The van der Waals surface area contributed by atoms with Crippen molar-refractivity contribution in [3.8, 4) is 0 Å². The van der Waals surface area contributed by atoms with E-state index in [0.29, 0.717) is 19.1 Å². The molecule has 6 heteroatoms. The van der Waals surface area contributed by atoms with Gasteiger partial charge in [0.05, 0.1) is 0 Å². The second kappa shape index (κ2) is 7.33. The van der Waals surface area contributed by atoms with E-state index in [0.717, 1.165) is 6.42 Å². The maximum atomic E-state index is 11.9. The molecule has 1 aliphatic rings. The number of likely N-dealkylation sites (N-methyl/N-ethyl adjacent to an activating group) is 1. The summed E-state index contributed by atoms with van der Waals surface area (Å²) in [5, 5.41) is 11.6. The Labute approximate surface area is 114 Å². The lowest BCUT2D eigenvalue weighted by molar-refractivity contribution is -0.137. The highest BCUT2D eigenvalue weighted by Gasteiger charge is 2.29. The van der Waals surface area contributed by atoms with Gasteiger partial charge in [-0.05, 0) is 33.2 Å². The zero-order valence-electron chi connectivity index (χ0n) is 12.1. The Morgan fingerprint density at radius 1 is 1.42 bits per heavy atom. The van der Waals surface area contributed by atoms with Gasteiger partial charge in [-0.1, -0.05) is 6.92 Å². The Balaban J connectivity index is 2.35. The number of urea groups is 1. The summed E-state index contributed by atoms with van der Waals surface area (Å²) in [6, 6.07) is 0.628. The minimum atomic E-state index is -0.980. The molecule has 0 radical (unpaired) electrons. The minimum Gasteiger partial charge on any atom is -0.480 e. The first-order chi connectivity index (χ1) is 8.95. The summed E-state index contributed by atoms with van der Waals surface area (Å²) in [5.74, 6) is -0.980. The molecular formula is C13H25N3O3. The lowest BCUT2D eigenvalue weighted by atomic mass is 10.3. The molecule has 0 aromatic carbocycles. The summed E-state index contributed by atoms with van der Waals surface area (Å²) in [4.78, 5) is 26.2. The van der Waals surface area contributed by atoms with Gasteiger partial charge in [-0.2, -0.15) is 0 Å². The molecule has 110 valence electrons. The quantitative estimate of drug-likeness (QED) is 0.690. The molecule has 0 bridgehead atoms. The third-order valence-electron chi connectivity index (χ3n) is 3.47. The Bertz CT molecular complexity index is 318. The van der Waals surface area contributed by atoms with Gasteiger partial charge in [-0.25, -0.2) is 4.79 Å². The number of carbonyl (C=O) groups is 2. The maximum absolute atomic E-state index is 11.9. The molecule has 1 fully saturated rings. The van der Waals surface area contributed by atoms with Crippen molar-refractivity contribution in [2.75, 3.05) is 26.7 Å². The van der Waals surface area contributed by atoms with Crippen LogP contribution in [0.15, 0.2) is 0 Å². The molecule has 6 nitrogen and oxygen atoms in total. The number of nitrogens with zero attached hydrogens (tertiary/aromatic N) is 2. The molecule has 0 aromatic heterocycles. The van der Waals surface area contributed by atoms with Gasteiger partial charge in [-0.15, -0.1) is 0 Å². The number of nitrogens with one attached hydrogen (secondary N) is 1. The molecule has 1 aliphatic carbocycles. The Hall–Kier alpha value is -1.30. The summed E-state index contributed by atoms with van der Waals surface area (Å²) in [5.41, 5.74) is 0. The Kier molecular flexibility index (Phi) is 6.08. The number of carboxylic acids is 1. The summed E-state index contributed by atoms with van der Waals surface area (Å²) < 4.78 is 0. The second-order valence-electron chi connectivity index (χ2n) is 5.25. The average molecular weight is 271 g/mol. The van der Waals surface area contributed by atoms with Gasteiger partial charge in [0.1, 0.15) is 6.54 Å². The zero-order valence-corrected chi connectivity index (χ0v) is 12.1. The topological polar surface area (TPSA) is 72.9 Å². The fourth-order valence-corrected chi connectivity index (χ4v) is 2.02. The van der Waals surface area contributed by atoms with Crippen LogP contribution in [0, 0.1) is 0 Å². The van der Waals surface area contributed by atoms with Gasteiger partial charge in [0.2, 0.25) is 0 Å². The van der Waals surface area contributed by atoms with Crippen LogP contribution in [0.25, 0.3) is 0 Å². The van der Waals surface area contributed by atoms with E-state index in [9.17, 15) is 9.59 Å². The van der Waals surface area contributed by atoms with Crippen molar-refractivity contribution in [3.05, 3.63) is 0 Å². The smallest absolute Gasteiger partial charge is 0.323 e. The van der Waals surface area contributed by atoms with Crippen LogP contribution in [-0.2, 0) is 4.79 Å².